The maximum absolute atomic E-state index is 12.9. The number of anilines is 2. The van der Waals surface area contributed by atoms with Crippen LogP contribution in [0.15, 0.2) is 36.4 Å². The maximum Gasteiger partial charge on any atom is 0.373 e. The predicted molar refractivity (Wildman–Crippen MR) is 119 cm³/mol. The van der Waals surface area contributed by atoms with Crippen molar-refractivity contribution in [3.63, 3.8) is 0 Å². The molecule has 0 aliphatic carbocycles. The Morgan fingerprint density at radius 2 is 1.03 bits per heavy atom. The molecule has 0 fully saturated rings. The van der Waals surface area contributed by atoms with Crippen LogP contribution in [0.5, 0.6) is 0 Å². The first-order chi connectivity index (χ1) is 17.0. The largest absolute Gasteiger partial charge is 0.373 e. The summed E-state index contributed by atoms with van der Waals surface area (Å²) in [6.07, 6.45) is 2.96. The second kappa shape index (κ2) is 20.3. The molecule has 0 unspecified atom stereocenters. The van der Waals surface area contributed by atoms with Crippen molar-refractivity contribution in [1.29, 1.82) is 0 Å². The van der Waals surface area contributed by atoms with Crippen LogP contribution >= 0.6 is 0 Å². The molecule has 2 aromatic carbocycles. The minimum atomic E-state index is -0.697. The highest BCUT2D eigenvalue weighted by Crippen LogP contribution is 2.16. The Balaban J connectivity index is 0. The number of benzene rings is 2. The zero-order valence-electron chi connectivity index (χ0n) is 19.8. The molecule has 0 aliphatic rings. The molecule has 0 saturated carbocycles. The maximum atomic E-state index is 12.9. The van der Waals surface area contributed by atoms with Gasteiger partial charge in [0.25, 0.3) is 0 Å². The lowest BCUT2D eigenvalue weighted by molar-refractivity contribution is -0.193. The van der Waals surface area contributed by atoms with Crippen molar-refractivity contribution in [2.45, 2.75) is 46.5 Å². The zero-order chi connectivity index (χ0) is 28.1. The van der Waals surface area contributed by atoms with Gasteiger partial charge in [0.05, 0.1) is 0 Å². The Morgan fingerprint density at radius 1 is 0.694 bits per heavy atom. The van der Waals surface area contributed by atoms with Crippen molar-refractivity contribution < 1.29 is 46.3 Å². The van der Waals surface area contributed by atoms with Gasteiger partial charge in [-0.05, 0) is 43.5 Å². The average molecular weight is 514 g/mol. The molecule has 2 aromatic rings. The molecule has 2 rings (SSSR count). The minimum absolute atomic E-state index is 0.119. The number of halogens is 4. The Labute approximate surface area is 205 Å². The van der Waals surface area contributed by atoms with Gasteiger partial charge in [0.1, 0.15) is 23.3 Å². The van der Waals surface area contributed by atoms with Gasteiger partial charge < -0.3 is 10.6 Å². The van der Waals surface area contributed by atoms with Crippen LogP contribution in [0.2, 0.25) is 0 Å². The van der Waals surface area contributed by atoms with Crippen LogP contribution in [0.1, 0.15) is 46.5 Å². The predicted octanol–water partition coefficient (Wildman–Crippen LogP) is 4.88. The molecule has 0 spiro atoms. The first-order valence-electron chi connectivity index (χ1n) is 10.5. The fraction of sp³-hybridized carbons (Fsp3) is 0.333. The third-order valence-electron chi connectivity index (χ3n) is 4.11. The molecule has 8 nitrogen and oxygen atoms in total. The quantitative estimate of drug-likeness (QED) is 0.508. The second-order valence-electron chi connectivity index (χ2n) is 6.78. The molecule has 36 heavy (non-hydrogen) atoms. The second-order valence-corrected chi connectivity index (χ2v) is 6.78. The first kappa shape index (κ1) is 34.0. The highest BCUT2D eigenvalue weighted by atomic mass is 19.1. The Bertz CT molecular complexity index is 981. The monoisotopic (exact) mass is 514 g/mol. The third kappa shape index (κ3) is 16.5. The van der Waals surface area contributed by atoms with Crippen LogP contribution in [-0.4, -0.2) is 24.1 Å². The van der Waals surface area contributed by atoms with Crippen molar-refractivity contribution in [3.8, 4) is 0 Å². The van der Waals surface area contributed by atoms with Gasteiger partial charge in [-0.1, -0.05) is 20.8 Å². The normalized spacial score (nSPS) is 9.00. The summed E-state index contributed by atoms with van der Waals surface area (Å²) in [4.78, 5) is 55.2. The standard InChI is InChI=1S/C12H15F2NO.C10H11F2NO.2CO2/c1-3-8(4-2)12(16)15-11-6-9(13)5-10(14)7-11;1-2-3-10(14)13-9-5-7(11)4-8(12)6-9;2*2-1-3/h5-8H,3-4H2,1-2H3,(H,15,16);4-6H,2-3H2,1H3,(H,13,14);;. The fourth-order valence-corrected chi connectivity index (χ4v) is 2.61. The van der Waals surface area contributed by atoms with Gasteiger partial charge in [-0.2, -0.15) is 19.2 Å². The van der Waals surface area contributed by atoms with Gasteiger partial charge in [0.2, 0.25) is 11.8 Å². The van der Waals surface area contributed by atoms with E-state index >= 15 is 0 Å². The number of carbonyl (C=O) groups is 2. The first-order valence-corrected chi connectivity index (χ1v) is 10.5. The van der Waals surface area contributed by atoms with E-state index in [2.05, 4.69) is 10.6 Å². The van der Waals surface area contributed by atoms with Crippen LogP contribution in [-0.2, 0) is 28.8 Å². The summed E-state index contributed by atoms with van der Waals surface area (Å²) in [5, 5.41) is 4.91. The molecule has 2 N–H and O–H groups in total. The van der Waals surface area contributed by atoms with Crippen LogP contribution in [0.4, 0.5) is 28.9 Å². The summed E-state index contributed by atoms with van der Waals surface area (Å²) >= 11 is 0. The minimum Gasteiger partial charge on any atom is -0.326 e. The molecular weight excluding hydrogens is 488 g/mol. The number of hydrogen-bond acceptors (Lipinski definition) is 6. The Hall–Kier alpha value is -4.14. The number of rotatable bonds is 7. The van der Waals surface area contributed by atoms with Gasteiger partial charge in [-0.3, -0.25) is 9.59 Å². The number of hydrogen-bond donors (Lipinski definition) is 2. The van der Waals surface area contributed by atoms with Gasteiger partial charge >= 0.3 is 12.3 Å². The summed E-state index contributed by atoms with van der Waals surface area (Å²) in [6, 6.07) is 5.89. The number of amides is 2. The van der Waals surface area contributed by atoms with E-state index in [1.165, 1.54) is 0 Å². The molecule has 0 radical (unpaired) electrons. The lowest BCUT2D eigenvalue weighted by atomic mass is 10.0. The van der Waals surface area contributed by atoms with Crippen LogP contribution < -0.4 is 10.6 Å². The molecule has 12 heteroatoms. The lowest BCUT2D eigenvalue weighted by Gasteiger charge is -2.12. The van der Waals surface area contributed by atoms with E-state index in [1.807, 2.05) is 20.8 Å². The lowest BCUT2D eigenvalue weighted by Crippen LogP contribution is -2.21. The van der Waals surface area contributed by atoms with Crippen LogP contribution in [0.25, 0.3) is 0 Å². The molecular formula is C24H26F4N2O6. The van der Waals surface area contributed by atoms with E-state index in [1.54, 1.807) is 0 Å². The zero-order valence-corrected chi connectivity index (χ0v) is 19.8. The molecule has 0 saturated heterocycles. The Kier molecular flexibility index (Phi) is 19.1. The van der Waals surface area contributed by atoms with E-state index in [-0.39, 0.29) is 41.4 Å². The molecule has 0 atom stereocenters. The highest BCUT2D eigenvalue weighted by molar-refractivity contribution is 5.92. The van der Waals surface area contributed by atoms with Gasteiger partial charge in [0.15, 0.2) is 0 Å². The highest BCUT2D eigenvalue weighted by Gasteiger charge is 2.14. The summed E-state index contributed by atoms with van der Waals surface area (Å²) < 4.78 is 51.0. The van der Waals surface area contributed by atoms with E-state index in [0.29, 0.717) is 25.7 Å². The molecule has 0 aromatic heterocycles. The summed E-state index contributed by atoms with van der Waals surface area (Å²) in [6.45, 7) is 5.66. The van der Waals surface area contributed by atoms with Crippen molar-refractivity contribution in [3.05, 3.63) is 59.7 Å². The smallest absolute Gasteiger partial charge is 0.326 e. The van der Waals surface area contributed by atoms with Crippen molar-refractivity contribution in [2.75, 3.05) is 10.6 Å². The summed E-state index contributed by atoms with van der Waals surface area (Å²) in [7, 11) is 0. The Morgan fingerprint density at radius 3 is 1.33 bits per heavy atom. The summed E-state index contributed by atoms with van der Waals surface area (Å²) in [5.74, 6) is -3.34. The molecule has 2 amide bonds. The average Bonchev–Trinajstić information content (AvgIpc) is 2.75. The number of carbonyl (C=O) groups excluding carboxylic acids is 6. The van der Waals surface area contributed by atoms with Crippen molar-refractivity contribution >= 4 is 35.5 Å². The van der Waals surface area contributed by atoms with Gasteiger partial charge in [-0.25, -0.2) is 17.6 Å². The van der Waals surface area contributed by atoms with E-state index < -0.39 is 23.3 Å². The molecule has 0 aliphatic heterocycles. The summed E-state index contributed by atoms with van der Waals surface area (Å²) in [5.41, 5.74) is 0.315. The molecule has 0 heterocycles. The van der Waals surface area contributed by atoms with Gasteiger partial charge in [-0.15, -0.1) is 0 Å². The number of nitrogens with one attached hydrogen (secondary N) is 2. The third-order valence-corrected chi connectivity index (χ3v) is 4.11. The van der Waals surface area contributed by atoms with Crippen LogP contribution in [0, 0.1) is 29.2 Å². The van der Waals surface area contributed by atoms with E-state index in [9.17, 15) is 27.2 Å². The van der Waals surface area contributed by atoms with Crippen molar-refractivity contribution in [1.82, 2.24) is 0 Å². The molecule has 196 valence electrons. The fourth-order valence-electron chi connectivity index (χ4n) is 2.61. The molecule has 0 bridgehead atoms. The van der Waals surface area contributed by atoms with Crippen LogP contribution in [0.3, 0.4) is 0 Å². The SMILES string of the molecule is CCC(CC)C(=O)Nc1cc(F)cc(F)c1.CCCC(=O)Nc1cc(F)cc(F)c1.O=C=O.O=C=O. The van der Waals surface area contributed by atoms with E-state index in [0.717, 1.165) is 36.4 Å². The van der Waals surface area contributed by atoms with Crippen molar-refractivity contribution in [2.24, 2.45) is 5.92 Å². The van der Waals surface area contributed by atoms with Gasteiger partial charge in [0, 0.05) is 35.8 Å². The topological polar surface area (TPSA) is 126 Å². The van der Waals surface area contributed by atoms with E-state index in [4.69, 9.17) is 19.2 Å².